The fourth-order valence-electron chi connectivity index (χ4n) is 3.05. The maximum atomic E-state index is 12.2. The van der Waals surface area contributed by atoms with Gasteiger partial charge in [0, 0.05) is 31.0 Å². The Kier molecular flexibility index (Phi) is 3.82. The lowest BCUT2D eigenvalue weighted by molar-refractivity contribution is -0.153. The molecule has 5 heteroatoms. The molecular formula is C16H20N2O3. The number of anilines is 2. The van der Waals surface area contributed by atoms with Gasteiger partial charge in [-0.2, -0.15) is 0 Å². The van der Waals surface area contributed by atoms with Gasteiger partial charge >= 0.3 is 11.9 Å². The molecular weight excluding hydrogens is 268 g/mol. The molecule has 5 nitrogen and oxygen atoms in total. The molecule has 0 N–H and O–H groups in total. The lowest BCUT2D eigenvalue weighted by atomic mass is 10.1. The van der Waals surface area contributed by atoms with E-state index in [9.17, 15) is 9.59 Å². The average Bonchev–Trinajstić information content (AvgIpc) is 3.15. The predicted molar refractivity (Wildman–Crippen MR) is 80.6 cm³/mol. The minimum atomic E-state index is -0.767. The van der Waals surface area contributed by atoms with E-state index in [0.717, 1.165) is 36.4 Å². The topological polar surface area (TPSA) is 49.9 Å². The average molecular weight is 288 g/mol. The molecule has 1 saturated heterocycles. The molecule has 0 unspecified atom stereocenters. The minimum absolute atomic E-state index is 0.221. The molecule has 1 aromatic carbocycles. The van der Waals surface area contributed by atoms with Crippen LogP contribution in [0.4, 0.5) is 11.4 Å². The molecule has 0 spiro atoms. The SMILES string of the molecule is CCOC(=O)C(=O)N1CCc2ccc(N3CCCC3)cc21. The molecule has 2 aliphatic heterocycles. The summed E-state index contributed by atoms with van der Waals surface area (Å²) in [5.41, 5.74) is 3.11. The third-order valence-electron chi connectivity index (χ3n) is 4.13. The Morgan fingerprint density at radius 2 is 1.95 bits per heavy atom. The van der Waals surface area contributed by atoms with E-state index in [4.69, 9.17) is 4.74 Å². The highest BCUT2D eigenvalue weighted by Crippen LogP contribution is 2.33. The fourth-order valence-corrected chi connectivity index (χ4v) is 3.05. The van der Waals surface area contributed by atoms with Gasteiger partial charge in [0.2, 0.25) is 0 Å². The molecule has 1 fully saturated rings. The molecule has 3 rings (SSSR count). The number of hydrogen-bond donors (Lipinski definition) is 0. The first-order valence-electron chi connectivity index (χ1n) is 7.57. The summed E-state index contributed by atoms with van der Waals surface area (Å²) in [6.45, 7) is 4.60. The van der Waals surface area contributed by atoms with Gasteiger partial charge in [-0.25, -0.2) is 4.79 Å². The maximum Gasteiger partial charge on any atom is 0.397 e. The largest absolute Gasteiger partial charge is 0.459 e. The van der Waals surface area contributed by atoms with Crippen molar-refractivity contribution in [3.63, 3.8) is 0 Å². The molecule has 1 aromatic rings. The quantitative estimate of drug-likeness (QED) is 0.614. The zero-order chi connectivity index (χ0) is 14.8. The number of nitrogens with zero attached hydrogens (tertiary/aromatic N) is 2. The highest BCUT2D eigenvalue weighted by Gasteiger charge is 2.30. The molecule has 0 saturated carbocycles. The van der Waals surface area contributed by atoms with Crippen LogP contribution in [0.2, 0.25) is 0 Å². The standard InChI is InChI=1S/C16H20N2O3/c1-2-21-16(20)15(19)18-10-7-12-5-6-13(11-14(12)18)17-8-3-4-9-17/h5-6,11H,2-4,7-10H2,1H3. The number of fused-ring (bicyclic) bond motifs is 1. The molecule has 0 bridgehead atoms. The molecule has 2 heterocycles. The fraction of sp³-hybridized carbons (Fsp3) is 0.500. The number of amides is 1. The Hall–Kier alpha value is -2.04. The first-order chi connectivity index (χ1) is 10.2. The number of ether oxygens (including phenoxy) is 1. The van der Waals surface area contributed by atoms with Crippen LogP contribution in [0.25, 0.3) is 0 Å². The van der Waals surface area contributed by atoms with Crippen molar-refractivity contribution in [2.75, 3.05) is 36.0 Å². The zero-order valence-corrected chi connectivity index (χ0v) is 12.3. The number of rotatable bonds is 2. The lowest BCUT2D eigenvalue weighted by Crippen LogP contribution is -2.36. The molecule has 112 valence electrons. The monoisotopic (exact) mass is 288 g/mol. The molecule has 0 aliphatic carbocycles. The first kappa shape index (κ1) is 13.9. The van der Waals surface area contributed by atoms with Crippen LogP contribution >= 0.6 is 0 Å². The van der Waals surface area contributed by atoms with Gasteiger partial charge in [-0.15, -0.1) is 0 Å². The van der Waals surface area contributed by atoms with Crippen molar-refractivity contribution >= 4 is 23.3 Å². The van der Waals surface area contributed by atoms with Crippen molar-refractivity contribution in [2.24, 2.45) is 0 Å². The molecule has 0 aromatic heterocycles. The van der Waals surface area contributed by atoms with Gasteiger partial charge in [0.1, 0.15) is 0 Å². The van der Waals surface area contributed by atoms with E-state index < -0.39 is 11.9 Å². The summed E-state index contributed by atoms with van der Waals surface area (Å²) >= 11 is 0. The van der Waals surface area contributed by atoms with E-state index >= 15 is 0 Å². The number of carbonyl (C=O) groups excluding carboxylic acids is 2. The Morgan fingerprint density at radius 3 is 2.67 bits per heavy atom. The van der Waals surface area contributed by atoms with Crippen molar-refractivity contribution in [1.82, 2.24) is 0 Å². The number of esters is 1. The van der Waals surface area contributed by atoms with Crippen LogP contribution in [0.15, 0.2) is 18.2 Å². The highest BCUT2D eigenvalue weighted by molar-refractivity contribution is 6.38. The molecule has 21 heavy (non-hydrogen) atoms. The van der Waals surface area contributed by atoms with E-state index in [2.05, 4.69) is 17.0 Å². The Labute approximate surface area is 124 Å². The van der Waals surface area contributed by atoms with E-state index in [1.807, 2.05) is 6.07 Å². The second-order valence-electron chi connectivity index (χ2n) is 5.43. The maximum absolute atomic E-state index is 12.2. The smallest absolute Gasteiger partial charge is 0.397 e. The van der Waals surface area contributed by atoms with E-state index in [0.29, 0.717) is 6.54 Å². The third-order valence-corrected chi connectivity index (χ3v) is 4.13. The van der Waals surface area contributed by atoms with Crippen molar-refractivity contribution < 1.29 is 14.3 Å². The second kappa shape index (κ2) is 5.76. The summed E-state index contributed by atoms with van der Waals surface area (Å²) in [6.07, 6.45) is 3.21. The van der Waals surface area contributed by atoms with Gasteiger partial charge in [-0.3, -0.25) is 4.79 Å². The van der Waals surface area contributed by atoms with Crippen molar-refractivity contribution in [3.05, 3.63) is 23.8 Å². The van der Waals surface area contributed by atoms with E-state index in [1.54, 1.807) is 11.8 Å². The van der Waals surface area contributed by atoms with Gasteiger partial charge in [0.05, 0.1) is 6.61 Å². The van der Waals surface area contributed by atoms with Crippen LogP contribution in [0.3, 0.4) is 0 Å². The number of carbonyl (C=O) groups is 2. The Balaban J connectivity index is 1.84. The molecule has 0 atom stereocenters. The summed E-state index contributed by atoms with van der Waals surface area (Å²) in [5, 5.41) is 0. The molecule has 0 radical (unpaired) electrons. The van der Waals surface area contributed by atoms with Gasteiger partial charge in [-0.1, -0.05) is 6.07 Å². The summed E-state index contributed by atoms with van der Waals surface area (Å²) in [5.74, 6) is -1.33. The minimum Gasteiger partial charge on any atom is -0.459 e. The van der Waals surface area contributed by atoms with E-state index in [1.165, 1.54) is 12.8 Å². The van der Waals surface area contributed by atoms with Gasteiger partial charge in [0.15, 0.2) is 0 Å². The summed E-state index contributed by atoms with van der Waals surface area (Å²) in [6, 6.07) is 6.22. The Bertz CT molecular complexity index is 565. The summed E-state index contributed by atoms with van der Waals surface area (Å²) in [7, 11) is 0. The van der Waals surface area contributed by atoms with Crippen molar-refractivity contribution in [3.8, 4) is 0 Å². The molecule has 2 aliphatic rings. The zero-order valence-electron chi connectivity index (χ0n) is 12.3. The summed E-state index contributed by atoms with van der Waals surface area (Å²) in [4.78, 5) is 27.7. The number of hydrogen-bond acceptors (Lipinski definition) is 4. The second-order valence-corrected chi connectivity index (χ2v) is 5.43. The number of benzene rings is 1. The van der Waals surface area contributed by atoms with Crippen LogP contribution in [0.1, 0.15) is 25.3 Å². The van der Waals surface area contributed by atoms with Crippen molar-refractivity contribution in [2.45, 2.75) is 26.2 Å². The van der Waals surface area contributed by atoms with E-state index in [-0.39, 0.29) is 6.61 Å². The third kappa shape index (κ3) is 2.60. The van der Waals surface area contributed by atoms with Crippen LogP contribution in [-0.2, 0) is 20.7 Å². The van der Waals surface area contributed by atoms with Crippen LogP contribution in [0, 0.1) is 0 Å². The first-order valence-corrected chi connectivity index (χ1v) is 7.57. The predicted octanol–water partition coefficient (Wildman–Crippen LogP) is 1.74. The van der Waals surface area contributed by atoms with Gasteiger partial charge < -0.3 is 14.5 Å². The summed E-state index contributed by atoms with van der Waals surface area (Å²) < 4.78 is 4.82. The van der Waals surface area contributed by atoms with Gasteiger partial charge in [-0.05, 0) is 43.9 Å². The van der Waals surface area contributed by atoms with Crippen LogP contribution < -0.4 is 9.80 Å². The Morgan fingerprint density at radius 1 is 1.19 bits per heavy atom. The molecule has 1 amide bonds. The van der Waals surface area contributed by atoms with Gasteiger partial charge in [0.25, 0.3) is 0 Å². The van der Waals surface area contributed by atoms with Crippen LogP contribution in [-0.4, -0.2) is 38.1 Å². The van der Waals surface area contributed by atoms with Crippen LogP contribution in [0.5, 0.6) is 0 Å². The lowest BCUT2D eigenvalue weighted by Gasteiger charge is -2.21. The van der Waals surface area contributed by atoms with Crippen molar-refractivity contribution in [1.29, 1.82) is 0 Å². The normalized spacial score (nSPS) is 17.0. The highest BCUT2D eigenvalue weighted by atomic mass is 16.5.